The monoisotopic (exact) mass is 344 g/mol. The van der Waals surface area contributed by atoms with Gasteiger partial charge in [-0.1, -0.05) is 17.7 Å². The van der Waals surface area contributed by atoms with E-state index in [4.69, 9.17) is 33.3 Å². The number of thiocarbonyl (C=S) groups is 1. The van der Waals surface area contributed by atoms with Gasteiger partial charge in [0.25, 0.3) is 0 Å². The summed E-state index contributed by atoms with van der Waals surface area (Å²) < 4.78 is 11.0. The largest absolute Gasteiger partial charge is 0.362 e. The molecule has 0 spiro atoms. The Morgan fingerprint density at radius 3 is 2.55 bits per heavy atom. The van der Waals surface area contributed by atoms with Crippen LogP contribution in [-0.4, -0.2) is 31.2 Å². The number of hydrogen-bond donors (Lipinski definition) is 2. The number of anilines is 1. The Morgan fingerprint density at radius 2 is 1.95 bits per heavy atom. The molecular formula is C16H25ClN2O2S. The minimum atomic E-state index is -0.134. The summed E-state index contributed by atoms with van der Waals surface area (Å²) in [5.41, 5.74) is 1.93. The van der Waals surface area contributed by atoms with Crippen LogP contribution in [0.15, 0.2) is 18.2 Å². The maximum Gasteiger partial charge on any atom is 0.170 e. The first kappa shape index (κ1) is 19.2. The third-order valence-corrected chi connectivity index (χ3v) is 3.54. The normalized spacial score (nSPS) is 10.8. The Morgan fingerprint density at radius 1 is 1.27 bits per heavy atom. The predicted octanol–water partition coefficient (Wildman–Crippen LogP) is 4.11. The first-order valence-electron chi connectivity index (χ1n) is 7.61. The third-order valence-electron chi connectivity index (χ3n) is 2.98. The van der Waals surface area contributed by atoms with Gasteiger partial charge in [-0.15, -0.1) is 0 Å². The summed E-state index contributed by atoms with van der Waals surface area (Å²) in [6, 6.07) is 5.82. The molecule has 2 N–H and O–H groups in total. The highest BCUT2D eigenvalue weighted by atomic mass is 35.5. The Kier molecular flexibility index (Phi) is 9.39. The fourth-order valence-electron chi connectivity index (χ4n) is 1.95. The number of aryl methyl sites for hydroxylation is 1. The number of halogens is 1. The lowest BCUT2D eigenvalue weighted by Crippen LogP contribution is -2.30. The topological polar surface area (TPSA) is 42.5 Å². The first-order chi connectivity index (χ1) is 10.6. The maximum atomic E-state index is 6.16. The highest BCUT2D eigenvalue weighted by Gasteiger charge is 2.07. The molecule has 0 aliphatic carbocycles. The fourth-order valence-corrected chi connectivity index (χ4v) is 2.44. The van der Waals surface area contributed by atoms with E-state index in [1.165, 1.54) is 0 Å². The highest BCUT2D eigenvalue weighted by molar-refractivity contribution is 7.80. The molecule has 1 aromatic rings. The standard InChI is InChI=1S/C16H25ClN2O2S/c1-4-20-15(21-5-2)7-6-10-18-16(22)19-14-9-8-12(3)11-13(14)17/h8-9,11,15H,4-7,10H2,1-3H3,(H2,18,19,22). The molecule has 0 atom stereocenters. The second kappa shape index (κ2) is 10.8. The van der Waals surface area contributed by atoms with Gasteiger partial charge in [0.05, 0.1) is 10.7 Å². The summed E-state index contributed by atoms with van der Waals surface area (Å²) in [6.07, 6.45) is 1.61. The van der Waals surface area contributed by atoms with E-state index in [0.717, 1.165) is 30.6 Å². The Labute approximate surface area is 143 Å². The molecular weight excluding hydrogens is 320 g/mol. The minimum Gasteiger partial charge on any atom is -0.362 e. The predicted molar refractivity (Wildman–Crippen MR) is 96.7 cm³/mol. The zero-order valence-electron chi connectivity index (χ0n) is 13.4. The van der Waals surface area contributed by atoms with Crippen molar-refractivity contribution in [1.29, 1.82) is 0 Å². The zero-order chi connectivity index (χ0) is 16.4. The van der Waals surface area contributed by atoms with Crippen LogP contribution < -0.4 is 10.6 Å². The van der Waals surface area contributed by atoms with E-state index in [1.807, 2.05) is 39.0 Å². The number of benzene rings is 1. The molecule has 0 aliphatic heterocycles. The average Bonchev–Trinajstić information content (AvgIpc) is 2.47. The van der Waals surface area contributed by atoms with Crippen LogP contribution in [0.1, 0.15) is 32.3 Å². The lowest BCUT2D eigenvalue weighted by molar-refractivity contribution is -0.139. The van der Waals surface area contributed by atoms with Gasteiger partial charge < -0.3 is 20.1 Å². The van der Waals surface area contributed by atoms with E-state index in [-0.39, 0.29) is 6.29 Å². The number of rotatable bonds is 9. The van der Waals surface area contributed by atoms with Gasteiger partial charge in [-0.3, -0.25) is 0 Å². The molecule has 0 radical (unpaired) electrons. The lowest BCUT2D eigenvalue weighted by Gasteiger charge is -2.17. The van der Waals surface area contributed by atoms with Gasteiger partial charge in [0.1, 0.15) is 0 Å². The first-order valence-corrected chi connectivity index (χ1v) is 8.39. The molecule has 0 saturated heterocycles. The van der Waals surface area contributed by atoms with Crippen molar-refractivity contribution in [2.45, 2.75) is 39.9 Å². The Balaban J connectivity index is 2.28. The van der Waals surface area contributed by atoms with Crippen molar-refractivity contribution in [1.82, 2.24) is 5.32 Å². The molecule has 0 amide bonds. The smallest absolute Gasteiger partial charge is 0.170 e. The van der Waals surface area contributed by atoms with E-state index in [9.17, 15) is 0 Å². The molecule has 0 heterocycles. The van der Waals surface area contributed by atoms with Crippen molar-refractivity contribution in [3.8, 4) is 0 Å². The zero-order valence-corrected chi connectivity index (χ0v) is 15.0. The molecule has 1 aromatic carbocycles. The van der Waals surface area contributed by atoms with Crippen LogP contribution >= 0.6 is 23.8 Å². The van der Waals surface area contributed by atoms with Gasteiger partial charge in [0, 0.05) is 26.2 Å². The van der Waals surface area contributed by atoms with Crippen LogP contribution in [0.25, 0.3) is 0 Å². The SMILES string of the molecule is CCOC(CCCNC(=S)Nc1ccc(C)cc1Cl)OCC. The molecule has 0 aromatic heterocycles. The lowest BCUT2D eigenvalue weighted by atomic mass is 10.2. The molecule has 0 unspecified atom stereocenters. The molecule has 0 aliphatic rings. The summed E-state index contributed by atoms with van der Waals surface area (Å²) in [6.45, 7) is 8.00. The second-order valence-corrected chi connectivity index (χ2v) is 5.66. The van der Waals surface area contributed by atoms with Crippen molar-refractivity contribution in [2.24, 2.45) is 0 Å². The molecule has 4 nitrogen and oxygen atoms in total. The van der Waals surface area contributed by atoms with E-state index in [1.54, 1.807) is 0 Å². The van der Waals surface area contributed by atoms with Crippen molar-refractivity contribution < 1.29 is 9.47 Å². The molecule has 0 saturated carbocycles. The van der Waals surface area contributed by atoms with Gasteiger partial charge in [-0.05, 0) is 57.1 Å². The number of ether oxygens (including phenoxy) is 2. The number of hydrogen-bond acceptors (Lipinski definition) is 3. The average molecular weight is 345 g/mol. The van der Waals surface area contributed by atoms with E-state index < -0.39 is 0 Å². The van der Waals surface area contributed by atoms with E-state index >= 15 is 0 Å². The van der Waals surface area contributed by atoms with E-state index in [0.29, 0.717) is 23.3 Å². The van der Waals surface area contributed by atoms with Gasteiger partial charge in [0.2, 0.25) is 0 Å². The molecule has 22 heavy (non-hydrogen) atoms. The third kappa shape index (κ3) is 7.40. The van der Waals surface area contributed by atoms with Crippen molar-refractivity contribution in [3.63, 3.8) is 0 Å². The fraction of sp³-hybridized carbons (Fsp3) is 0.562. The van der Waals surface area contributed by atoms with Crippen molar-refractivity contribution in [2.75, 3.05) is 25.1 Å². The second-order valence-electron chi connectivity index (χ2n) is 4.85. The van der Waals surface area contributed by atoms with Crippen LogP contribution in [0.3, 0.4) is 0 Å². The summed E-state index contributed by atoms with van der Waals surface area (Å²) in [7, 11) is 0. The van der Waals surface area contributed by atoms with Crippen LogP contribution in [-0.2, 0) is 9.47 Å². The summed E-state index contributed by atoms with van der Waals surface area (Å²) in [5, 5.41) is 7.49. The van der Waals surface area contributed by atoms with Crippen LogP contribution in [0.5, 0.6) is 0 Å². The van der Waals surface area contributed by atoms with Crippen LogP contribution in [0, 0.1) is 6.92 Å². The number of nitrogens with one attached hydrogen (secondary N) is 2. The summed E-state index contributed by atoms with van der Waals surface area (Å²) >= 11 is 11.4. The van der Waals surface area contributed by atoms with Gasteiger partial charge in [-0.2, -0.15) is 0 Å². The molecule has 0 fully saturated rings. The van der Waals surface area contributed by atoms with Gasteiger partial charge in [-0.25, -0.2) is 0 Å². The summed E-state index contributed by atoms with van der Waals surface area (Å²) in [4.78, 5) is 0. The molecule has 1 rings (SSSR count). The van der Waals surface area contributed by atoms with Crippen LogP contribution in [0.2, 0.25) is 5.02 Å². The van der Waals surface area contributed by atoms with Crippen molar-refractivity contribution >= 4 is 34.6 Å². The van der Waals surface area contributed by atoms with E-state index in [2.05, 4.69) is 10.6 Å². The van der Waals surface area contributed by atoms with Gasteiger partial charge >= 0.3 is 0 Å². The summed E-state index contributed by atoms with van der Waals surface area (Å²) in [5.74, 6) is 0. The van der Waals surface area contributed by atoms with Crippen LogP contribution in [0.4, 0.5) is 5.69 Å². The minimum absolute atomic E-state index is 0.134. The Hall–Kier alpha value is -0.880. The highest BCUT2D eigenvalue weighted by Crippen LogP contribution is 2.22. The Bertz CT molecular complexity index is 465. The van der Waals surface area contributed by atoms with Gasteiger partial charge in [0.15, 0.2) is 11.4 Å². The molecule has 0 bridgehead atoms. The molecule has 6 heteroatoms. The maximum absolute atomic E-state index is 6.16. The molecule has 124 valence electrons. The van der Waals surface area contributed by atoms with Crippen molar-refractivity contribution in [3.05, 3.63) is 28.8 Å². The quantitative estimate of drug-likeness (QED) is 0.401.